The Kier molecular flexibility index (Phi) is 7.26. The molecule has 0 aliphatic rings. The van der Waals surface area contributed by atoms with Crippen LogP contribution >= 0.6 is 0 Å². The van der Waals surface area contributed by atoms with Gasteiger partial charge in [0, 0.05) is 23.1 Å². The van der Waals surface area contributed by atoms with Gasteiger partial charge in [-0.3, -0.25) is 4.79 Å². The summed E-state index contributed by atoms with van der Waals surface area (Å²) in [6.07, 6.45) is 0.0519. The van der Waals surface area contributed by atoms with Crippen molar-refractivity contribution >= 4 is 17.7 Å². The number of Topliss-reactive ketones (excluding diaryl/α,β-unsaturated/α-hetero) is 1. The number of carbonyl (C=O) groups excluding carboxylic acids is 3. The Morgan fingerprint density at radius 3 is 1.80 bits per heavy atom. The first-order chi connectivity index (χ1) is 14.1. The van der Waals surface area contributed by atoms with Crippen LogP contribution in [0, 0.1) is 0 Å². The summed E-state index contributed by atoms with van der Waals surface area (Å²) in [4.78, 5) is 35.8. The molecular formula is C25H24O5. The second-order valence-corrected chi connectivity index (χ2v) is 7.07. The van der Waals surface area contributed by atoms with Crippen molar-refractivity contribution in [2.45, 2.75) is 27.2 Å². The number of benzene rings is 2. The zero-order valence-corrected chi connectivity index (χ0v) is 17.4. The molecule has 0 atom stereocenters. The maximum absolute atomic E-state index is 12.2. The van der Waals surface area contributed by atoms with Crippen LogP contribution in [-0.4, -0.2) is 17.7 Å². The van der Waals surface area contributed by atoms with Crippen LogP contribution in [0.1, 0.15) is 26.3 Å². The summed E-state index contributed by atoms with van der Waals surface area (Å²) in [5.41, 5.74) is 3.20. The lowest BCUT2D eigenvalue weighted by molar-refractivity contribution is -0.131. The molecule has 0 aliphatic carbocycles. The zero-order valence-electron chi connectivity index (χ0n) is 17.4. The monoisotopic (exact) mass is 404 g/mol. The molecule has 0 unspecified atom stereocenters. The van der Waals surface area contributed by atoms with Crippen LogP contribution < -0.4 is 9.47 Å². The quantitative estimate of drug-likeness (QED) is 0.352. The Morgan fingerprint density at radius 1 is 0.733 bits per heavy atom. The van der Waals surface area contributed by atoms with Crippen molar-refractivity contribution in [2.75, 3.05) is 0 Å². The van der Waals surface area contributed by atoms with Gasteiger partial charge in [-0.15, -0.1) is 0 Å². The smallest absolute Gasteiger partial charge is 0.338 e. The van der Waals surface area contributed by atoms with Crippen molar-refractivity contribution in [3.63, 3.8) is 0 Å². The lowest BCUT2D eigenvalue weighted by Gasteiger charge is -2.13. The SMILES string of the molecule is C=C(C)C(=O)Cc1cc(-c2ccc(OC(=O)C(=C)C)cc2)ccc1OC(=O)C(=C)C. The Labute approximate surface area is 176 Å². The summed E-state index contributed by atoms with van der Waals surface area (Å²) in [6.45, 7) is 15.6. The number of rotatable bonds is 8. The molecule has 2 aromatic carbocycles. The number of ketones is 1. The largest absolute Gasteiger partial charge is 0.423 e. The first kappa shape index (κ1) is 22.6. The average Bonchev–Trinajstić information content (AvgIpc) is 2.69. The molecule has 0 fully saturated rings. The molecule has 0 heterocycles. The fourth-order valence-corrected chi connectivity index (χ4v) is 2.42. The standard InChI is InChI=1S/C25H24O5/c1-15(2)22(26)14-20-13-19(9-12-23(20)30-25(28)17(5)6)18-7-10-21(11-8-18)29-24(27)16(3)4/h7-13H,1,3,5,14H2,2,4,6H3. The van der Waals surface area contributed by atoms with E-state index >= 15 is 0 Å². The number of allylic oxidation sites excluding steroid dienone is 1. The number of carbonyl (C=O) groups is 3. The van der Waals surface area contributed by atoms with Gasteiger partial charge in [0.15, 0.2) is 5.78 Å². The van der Waals surface area contributed by atoms with Gasteiger partial charge in [0.25, 0.3) is 0 Å². The van der Waals surface area contributed by atoms with E-state index in [0.29, 0.717) is 28.2 Å². The molecule has 5 nitrogen and oxygen atoms in total. The topological polar surface area (TPSA) is 69.7 Å². The third-order valence-corrected chi connectivity index (χ3v) is 4.19. The molecule has 154 valence electrons. The van der Waals surface area contributed by atoms with E-state index in [2.05, 4.69) is 19.7 Å². The van der Waals surface area contributed by atoms with Crippen molar-refractivity contribution in [3.8, 4) is 22.6 Å². The number of hydrogen-bond acceptors (Lipinski definition) is 5. The molecule has 0 bridgehead atoms. The van der Waals surface area contributed by atoms with Crippen LogP contribution in [0.5, 0.6) is 11.5 Å². The first-order valence-electron chi connectivity index (χ1n) is 9.26. The lowest BCUT2D eigenvalue weighted by Crippen LogP contribution is -2.12. The van der Waals surface area contributed by atoms with Crippen molar-refractivity contribution in [1.82, 2.24) is 0 Å². The summed E-state index contributed by atoms with van der Waals surface area (Å²) in [7, 11) is 0. The van der Waals surface area contributed by atoms with Gasteiger partial charge in [-0.25, -0.2) is 9.59 Å². The normalized spacial score (nSPS) is 10.1. The molecule has 0 saturated heterocycles. The van der Waals surface area contributed by atoms with Gasteiger partial charge < -0.3 is 9.47 Å². The Balaban J connectivity index is 2.36. The molecule has 2 rings (SSSR count). The minimum atomic E-state index is -0.560. The fraction of sp³-hybridized carbons (Fsp3) is 0.160. The van der Waals surface area contributed by atoms with E-state index in [1.165, 1.54) is 0 Å². The summed E-state index contributed by atoms with van der Waals surface area (Å²) < 4.78 is 10.6. The van der Waals surface area contributed by atoms with E-state index in [1.807, 2.05) is 0 Å². The molecule has 5 heteroatoms. The van der Waals surface area contributed by atoms with Crippen molar-refractivity contribution in [3.05, 3.63) is 84.5 Å². The van der Waals surface area contributed by atoms with Gasteiger partial charge >= 0.3 is 11.9 Å². The molecule has 0 N–H and O–H groups in total. The van der Waals surface area contributed by atoms with E-state index in [0.717, 1.165) is 11.1 Å². The Bertz CT molecular complexity index is 1040. The molecule has 0 saturated carbocycles. The van der Waals surface area contributed by atoms with Gasteiger partial charge in [-0.2, -0.15) is 0 Å². The summed E-state index contributed by atoms with van der Waals surface area (Å²) >= 11 is 0. The first-order valence-corrected chi connectivity index (χ1v) is 9.26. The molecule has 30 heavy (non-hydrogen) atoms. The number of esters is 2. The minimum Gasteiger partial charge on any atom is -0.423 e. The van der Waals surface area contributed by atoms with Crippen LogP contribution in [0.2, 0.25) is 0 Å². The third kappa shape index (κ3) is 5.88. The second-order valence-electron chi connectivity index (χ2n) is 7.07. The molecule has 0 aromatic heterocycles. The molecule has 2 aromatic rings. The fourth-order valence-electron chi connectivity index (χ4n) is 2.42. The highest BCUT2D eigenvalue weighted by molar-refractivity contribution is 5.96. The number of hydrogen-bond donors (Lipinski definition) is 0. The second kappa shape index (κ2) is 9.65. The van der Waals surface area contributed by atoms with Crippen molar-refractivity contribution in [2.24, 2.45) is 0 Å². The van der Waals surface area contributed by atoms with Gasteiger partial charge in [-0.05, 0) is 61.7 Å². The van der Waals surface area contributed by atoms with E-state index in [1.54, 1.807) is 63.2 Å². The zero-order chi connectivity index (χ0) is 22.4. The number of ether oxygens (including phenoxy) is 2. The van der Waals surface area contributed by atoms with Gasteiger partial charge in [0.1, 0.15) is 11.5 Å². The van der Waals surface area contributed by atoms with Gasteiger partial charge in [0.2, 0.25) is 0 Å². The molecular weight excluding hydrogens is 380 g/mol. The maximum atomic E-state index is 12.2. The molecule has 0 amide bonds. The minimum absolute atomic E-state index is 0.0519. The Hall–Kier alpha value is -3.73. The lowest BCUT2D eigenvalue weighted by atomic mass is 9.98. The van der Waals surface area contributed by atoms with Crippen LogP contribution in [0.3, 0.4) is 0 Å². The predicted molar refractivity (Wildman–Crippen MR) is 116 cm³/mol. The highest BCUT2D eigenvalue weighted by Crippen LogP contribution is 2.29. The van der Waals surface area contributed by atoms with Crippen LogP contribution in [0.15, 0.2) is 78.9 Å². The molecule has 0 spiro atoms. The average molecular weight is 404 g/mol. The van der Waals surface area contributed by atoms with E-state index in [4.69, 9.17) is 9.47 Å². The highest BCUT2D eigenvalue weighted by atomic mass is 16.5. The van der Waals surface area contributed by atoms with Crippen LogP contribution in [0.25, 0.3) is 11.1 Å². The van der Waals surface area contributed by atoms with Gasteiger partial charge in [0.05, 0.1) is 0 Å². The summed E-state index contributed by atoms with van der Waals surface area (Å²) in [6, 6.07) is 12.1. The van der Waals surface area contributed by atoms with Crippen LogP contribution in [-0.2, 0) is 20.8 Å². The van der Waals surface area contributed by atoms with Crippen molar-refractivity contribution in [1.29, 1.82) is 0 Å². The predicted octanol–water partition coefficient (Wildman–Crippen LogP) is 5.00. The van der Waals surface area contributed by atoms with Crippen LogP contribution in [0.4, 0.5) is 0 Å². The van der Waals surface area contributed by atoms with E-state index < -0.39 is 11.9 Å². The molecule has 0 radical (unpaired) electrons. The Morgan fingerprint density at radius 2 is 1.27 bits per heavy atom. The van der Waals surface area contributed by atoms with E-state index in [9.17, 15) is 14.4 Å². The summed E-state index contributed by atoms with van der Waals surface area (Å²) in [5, 5.41) is 0. The maximum Gasteiger partial charge on any atom is 0.338 e. The summed E-state index contributed by atoms with van der Waals surface area (Å²) in [5.74, 6) is -0.505. The van der Waals surface area contributed by atoms with Gasteiger partial charge in [-0.1, -0.05) is 37.9 Å². The van der Waals surface area contributed by atoms with E-state index in [-0.39, 0.29) is 17.8 Å². The highest BCUT2D eigenvalue weighted by Gasteiger charge is 2.15. The third-order valence-electron chi connectivity index (χ3n) is 4.19. The van der Waals surface area contributed by atoms with Crippen molar-refractivity contribution < 1.29 is 23.9 Å². The molecule has 0 aliphatic heterocycles.